The molecular formula is C27H31N3O4S. The molecule has 3 aromatic rings. The predicted octanol–water partition coefficient (Wildman–Crippen LogP) is 5.14. The van der Waals surface area contributed by atoms with Crippen LogP contribution in [-0.2, 0) is 14.3 Å². The van der Waals surface area contributed by atoms with Gasteiger partial charge in [0.25, 0.3) is 5.91 Å². The van der Waals surface area contributed by atoms with E-state index >= 15 is 0 Å². The van der Waals surface area contributed by atoms with E-state index in [1.165, 1.54) is 4.90 Å². The lowest BCUT2D eigenvalue weighted by atomic mass is 10.0. The number of carbonyl (C=O) groups excluding carboxylic acids is 2. The van der Waals surface area contributed by atoms with Gasteiger partial charge in [-0.15, -0.1) is 0 Å². The molecule has 0 bridgehead atoms. The second-order valence-electron chi connectivity index (χ2n) is 8.07. The van der Waals surface area contributed by atoms with Gasteiger partial charge in [-0.1, -0.05) is 18.2 Å². The quantitative estimate of drug-likeness (QED) is 0.382. The van der Waals surface area contributed by atoms with Crippen molar-refractivity contribution in [2.75, 3.05) is 30.2 Å². The lowest BCUT2D eigenvalue weighted by molar-refractivity contribution is -0.123. The molecule has 1 heterocycles. The Hall–Kier alpha value is -3.36. The number of anilines is 2. The minimum Gasteiger partial charge on any atom is -0.497 e. The van der Waals surface area contributed by atoms with Crippen LogP contribution in [0.4, 0.5) is 11.4 Å². The molecule has 0 aliphatic rings. The number of aromatic nitrogens is 1. The number of hydrogen-bond acceptors (Lipinski definition) is 6. The van der Waals surface area contributed by atoms with E-state index in [4.69, 9.17) is 9.47 Å². The SMILES string of the molecule is COc1ccc(NC(=O)[C@@H](c2cccnc2)N(C(=O)CCS)c2ccc([C@H](C)OC)cc2)c(C)c1. The van der Waals surface area contributed by atoms with Gasteiger partial charge in [-0.25, -0.2) is 0 Å². The number of nitrogens with zero attached hydrogens (tertiary/aromatic N) is 2. The van der Waals surface area contributed by atoms with Crippen LogP contribution < -0.4 is 15.0 Å². The third kappa shape index (κ3) is 6.41. The normalized spacial score (nSPS) is 12.5. The summed E-state index contributed by atoms with van der Waals surface area (Å²) in [5.74, 6) is 0.476. The second-order valence-corrected chi connectivity index (χ2v) is 8.51. The van der Waals surface area contributed by atoms with Crippen molar-refractivity contribution in [3.05, 3.63) is 83.7 Å². The predicted molar refractivity (Wildman–Crippen MR) is 141 cm³/mol. The number of aryl methyl sites for hydroxylation is 1. The van der Waals surface area contributed by atoms with E-state index in [2.05, 4.69) is 22.9 Å². The molecule has 3 rings (SSSR count). The van der Waals surface area contributed by atoms with Crippen LogP contribution in [0, 0.1) is 6.92 Å². The van der Waals surface area contributed by atoms with E-state index in [0.29, 0.717) is 28.4 Å². The fourth-order valence-corrected chi connectivity index (χ4v) is 3.95. The van der Waals surface area contributed by atoms with Crippen molar-refractivity contribution in [3.8, 4) is 5.75 Å². The summed E-state index contributed by atoms with van der Waals surface area (Å²) in [5.41, 5.74) is 3.63. The highest BCUT2D eigenvalue weighted by atomic mass is 32.1. The topological polar surface area (TPSA) is 80.8 Å². The van der Waals surface area contributed by atoms with E-state index in [1.807, 2.05) is 44.2 Å². The van der Waals surface area contributed by atoms with Gasteiger partial charge in [0.05, 0.1) is 13.2 Å². The Labute approximate surface area is 211 Å². The first-order valence-electron chi connectivity index (χ1n) is 11.3. The van der Waals surface area contributed by atoms with E-state index in [-0.39, 0.29) is 24.3 Å². The molecule has 0 unspecified atom stereocenters. The summed E-state index contributed by atoms with van der Waals surface area (Å²) in [6.45, 7) is 3.83. The summed E-state index contributed by atoms with van der Waals surface area (Å²) in [4.78, 5) is 32.9. The minimum atomic E-state index is -0.941. The van der Waals surface area contributed by atoms with Gasteiger partial charge in [-0.3, -0.25) is 19.5 Å². The first-order chi connectivity index (χ1) is 16.9. The number of pyridine rings is 1. The smallest absolute Gasteiger partial charge is 0.252 e. The van der Waals surface area contributed by atoms with Crippen LogP contribution in [0.15, 0.2) is 67.0 Å². The molecule has 0 aliphatic carbocycles. The molecule has 1 aromatic heterocycles. The van der Waals surface area contributed by atoms with Gasteiger partial charge in [0.15, 0.2) is 0 Å². The summed E-state index contributed by atoms with van der Waals surface area (Å²) in [6, 6.07) is 15.5. The third-order valence-corrected chi connectivity index (χ3v) is 6.01. The highest BCUT2D eigenvalue weighted by Crippen LogP contribution is 2.31. The zero-order chi connectivity index (χ0) is 25.4. The number of hydrogen-bond donors (Lipinski definition) is 2. The summed E-state index contributed by atoms with van der Waals surface area (Å²) in [7, 11) is 3.24. The van der Waals surface area contributed by atoms with E-state index < -0.39 is 6.04 Å². The van der Waals surface area contributed by atoms with Gasteiger partial charge in [0.2, 0.25) is 5.91 Å². The number of thiol groups is 1. The van der Waals surface area contributed by atoms with Crippen molar-refractivity contribution >= 4 is 35.8 Å². The number of ether oxygens (including phenoxy) is 2. The zero-order valence-corrected chi connectivity index (χ0v) is 21.3. The molecule has 2 aromatic carbocycles. The maximum Gasteiger partial charge on any atom is 0.252 e. The number of benzene rings is 2. The van der Waals surface area contributed by atoms with Gasteiger partial charge >= 0.3 is 0 Å². The standard InChI is InChI=1S/C27H31N3O4S/c1-18-16-23(34-4)11-12-24(18)29-27(32)26(21-6-5-14-28-17-21)30(25(31)13-15-35)22-9-7-20(8-10-22)19(2)33-3/h5-12,14,16-17,19,26,35H,13,15H2,1-4H3,(H,29,32)/t19-,26+/m0/s1. The summed E-state index contributed by atoms with van der Waals surface area (Å²) < 4.78 is 10.7. The van der Waals surface area contributed by atoms with E-state index in [1.54, 1.807) is 50.9 Å². The Morgan fingerprint density at radius 1 is 1.09 bits per heavy atom. The molecule has 8 heteroatoms. The molecule has 0 saturated heterocycles. The van der Waals surface area contributed by atoms with Gasteiger partial charge in [-0.05, 0) is 67.1 Å². The first kappa shape index (κ1) is 26.2. The number of methoxy groups -OCH3 is 2. The zero-order valence-electron chi connectivity index (χ0n) is 20.4. The van der Waals surface area contributed by atoms with E-state index in [9.17, 15) is 9.59 Å². The van der Waals surface area contributed by atoms with Gasteiger partial charge in [0.1, 0.15) is 11.8 Å². The monoisotopic (exact) mass is 493 g/mol. The minimum absolute atomic E-state index is 0.0962. The molecule has 2 amide bonds. The number of amides is 2. The second kappa shape index (κ2) is 12.4. The molecule has 1 N–H and O–H groups in total. The lowest BCUT2D eigenvalue weighted by Gasteiger charge is -2.31. The summed E-state index contributed by atoms with van der Waals surface area (Å²) in [5, 5.41) is 2.99. The largest absolute Gasteiger partial charge is 0.497 e. The van der Waals surface area contributed by atoms with Crippen LogP contribution in [0.2, 0.25) is 0 Å². The van der Waals surface area contributed by atoms with Crippen LogP contribution in [0.5, 0.6) is 5.75 Å². The van der Waals surface area contributed by atoms with Crippen molar-refractivity contribution in [1.82, 2.24) is 4.98 Å². The Balaban J connectivity index is 2.06. The Bertz CT molecular complexity index is 1140. The van der Waals surface area contributed by atoms with E-state index in [0.717, 1.165) is 11.1 Å². The van der Waals surface area contributed by atoms with Crippen molar-refractivity contribution < 1.29 is 19.1 Å². The van der Waals surface area contributed by atoms with Crippen LogP contribution in [0.3, 0.4) is 0 Å². The molecule has 0 aliphatic heterocycles. The highest BCUT2D eigenvalue weighted by molar-refractivity contribution is 7.80. The van der Waals surface area contributed by atoms with Gasteiger partial charge in [0, 0.05) is 42.9 Å². The van der Waals surface area contributed by atoms with Crippen LogP contribution >= 0.6 is 12.6 Å². The van der Waals surface area contributed by atoms with Gasteiger partial charge in [-0.2, -0.15) is 12.6 Å². The average Bonchev–Trinajstić information content (AvgIpc) is 2.88. The maximum absolute atomic E-state index is 13.8. The first-order valence-corrected chi connectivity index (χ1v) is 11.9. The molecular weight excluding hydrogens is 462 g/mol. The Kier molecular flexibility index (Phi) is 9.28. The number of nitrogens with one attached hydrogen (secondary N) is 1. The van der Waals surface area contributed by atoms with Crippen molar-refractivity contribution in [2.24, 2.45) is 0 Å². The molecule has 0 spiro atoms. The fourth-order valence-electron chi connectivity index (χ4n) is 3.76. The average molecular weight is 494 g/mol. The van der Waals surface area contributed by atoms with Gasteiger partial charge < -0.3 is 14.8 Å². The molecule has 0 fully saturated rings. The van der Waals surface area contributed by atoms with Crippen molar-refractivity contribution in [2.45, 2.75) is 32.4 Å². The fraction of sp³-hybridized carbons (Fsp3) is 0.296. The Morgan fingerprint density at radius 3 is 2.40 bits per heavy atom. The summed E-state index contributed by atoms with van der Waals surface area (Å²) >= 11 is 4.25. The number of carbonyl (C=O) groups is 2. The van der Waals surface area contributed by atoms with Crippen molar-refractivity contribution in [3.63, 3.8) is 0 Å². The van der Waals surface area contributed by atoms with Crippen LogP contribution in [-0.4, -0.2) is 36.8 Å². The molecule has 7 nitrogen and oxygen atoms in total. The highest BCUT2D eigenvalue weighted by Gasteiger charge is 2.33. The molecule has 0 saturated carbocycles. The van der Waals surface area contributed by atoms with Crippen LogP contribution in [0.25, 0.3) is 0 Å². The lowest BCUT2D eigenvalue weighted by Crippen LogP contribution is -2.41. The Morgan fingerprint density at radius 2 is 1.83 bits per heavy atom. The van der Waals surface area contributed by atoms with Crippen molar-refractivity contribution in [1.29, 1.82) is 0 Å². The molecule has 35 heavy (non-hydrogen) atoms. The molecule has 184 valence electrons. The third-order valence-electron chi connectivity index (χ3n) is 5.79. The molecule has 2 atom stereocenters. The maximum atomic E-state index is 13.8. The molecule has 0 radical (unpaired) electrons. The number of rotatable bonds is 10. The van der Waals surface area contributed by atoms with Crippen LogP contribution in [0.1, 0.15) is 42.2 Å². The summed E-state index contributed by atoms with van der Waals surface area (Å²) in [6.07, 6.45) is 3.31.